The molecule has 1 aliphatic carbocycles. The smallest absolute Gasteiger partial charge is 0.475 e. The van der Waals surface area contributed by atoms with Crippen LogP contribution in [0.4, 0.5) is 13.2 Å². The number of halogens is 3. The van der Waals surface area contributed by atoms with Gasteiger partial charge in [-0.3, -0.25) is 9.78 Å². The molecule has 1 saturated carbocycles. The van der Waals surface area contributed by atoms with Crippen LogP contribution in [-0.2, 0) is 40.3 Å². The average Bonchev–Trinajstić information content (AvgIpc) is 3.41. The maximum absolute atomic E-state index is 12.5. The lowest BCUT2D eigenvalue weighted by atomic mass is 9.97. The van der Waals surface area contributed by atoms with Crippen LogP contribution in [0.2, 0.25) is 0 Å². The largest absolute Gasteiger partial charge is 0.490 e. The van der Waals surface area contributed by atoms with E-state index in [1.54, 1.807) is 11.3 Å². The van der Waals surface area contributed by atoms with Crippen LogP contribution in [-0.4, -0.2) is 46.2 Å². The molecule has 6 nitrogen and oxygen atoms in total. The minimum atomic E-state index is -5.08. The highest BCUT2D eigenvalue weighted by Gasteiger charge is 2.38. The van der Waals surface area contributed by atoms with Gasteiger partial charge in [0.15, 0.2) is 0 Å². The maximum Gasteiger partial charge on any atom is 0.490 e. The zero-order valence-corrected chi connectivity index (χ0v) is 17.5. The van der Waals surface area contributed by atoms with Gasteiger partial charge in [0.1, 0.15) is 0 Å². The summed E-state index contributed by atoms with van der Waals surface area (Å²) < 4.78 is 37.6. The molecule has 168 valence electrons. The van der Waals surface area contributed by atoms with Gasteiger partial charge in [-0.15, -0.1) is 0 Å². The van der Waals surface area contributed by atoms with E-state index in [0.717, 1.165) is 31.1 Å². The Morgan fingerprint density at radius 1 is 1.29 bits per heavy atom. The van der Waals surface area contributed by atoms with Gasteiger partial charge < -0.3 is 14.7 Å². The Kier molecular flexibility index (Phi) is 7.66. The molecule has 0 radical (unpaired) electrons. The molecule has 2 aliphatic rings. The van der Waals surface area contributed by atoms with Crippen LogP contribution in [0.15, 0.2) is 29.2 Å². The molecule has 1 amide bonds. The van der Waals surface area contributed by atoms with Crippen LogP contribution < -0.4 is 0 Å². The predicted molar refractivity (Wildman–Crippen MR) is 107 cm³/mol. The van der Waals surface area contributed by atoms with Crippen LogP contribution >= 0.6 is 11.3 Å². The van der Waals surface area contributed by atoms with Gasteiger partial charge in [-0.25, -0.2) is 4.79 Å². The first-order valence-electron chi connectivity index (χ1n) is 9.85. The number of hydrogen-bond donors (Lipinski definition) is 1. The Hall–Kier alpha value is -2.46. The summed E-state index contributed by atoms with van der Waals surface area (Å²) in [7, 11) is 0. The summed E-state index contributed by atoms with van der Waals surface area (Å²) in [5, 5.41) is 11.2. The van der Waals surface area contributed by atoms with E-state index in [-0.39, 0.29) is 5.91 Å². The van der Waals surface area contributed by atoms with E-state index in [4.69, 9.17) is 14.6 Å². The number of pyridine rings is 1. The van der Waals surface area contributed by atoms with Gasteiger partial charge in [0.05, 0.1) is 13.0 Å². The van der Waals surface area contributed by atoms with Crippen molar-refractivity contribution < 1.29 is 32.6 Å². The van der Waals surface area contributed by atoms with Crippen LogP contribution in [0.3, 0.4) is 0 Å². The molecule has 0 aromatic carbocycles. The van der Waals surface area contributed by atoms with Crippen LogP contribution in [0, 0.1) is 5.92 Å². The molecule has 1 aliphatic heterocycles. The maximum atomic E-state index is 12.5. The molecule has 1 fully saturated rings. The molecule has 31 heavy (non-hydrogen) atoms. The molecule has 0 saturated heterocycles. The summed E-state index contributed by atoms with van der Waals surface area (Å²) in [6, 6.07) is 2.03. The Morgan fingerprint density at radius 2 is 2.03 bits per heavy atom. The van der Waals surface area contributed by atoms with Gasteiger partial charge in [-0.1, -0.05) is 0 Å². The van der Waals surface area contributed by atoms with Crippen molar-refractivity contribution in [2.45, 2.75) is 45.0 Å². The summed E-state index contributed by atoms with van der Waals surface area (Å²) in [6.07, 6.45) is 2.77. The van der Waals surface area contributed by atoms with E-state index in [1.807, 2.05) is 34.1 Å². The first-order valence-corrected chi connectivity index (χ1v) is 10.8. The number of carboxylic acids is 1. The van der Waals surface area contributed by atoms with Crippen molar-refractivity contribution in [1.29, 1.82) is 0 Å². The number of nitrogens with zero attached hydrogens (tertiary/aromatic N) is 2. The molecule has 0 atom stereocenters. The van der Waals surface area contributed by atoms with Crippen LogP contribution in [0.1, 0.15) is 35.1 Å². The van der Waals surface area contributed by atoms with Crippen molar-refractivity contribution in [2.24, 2.45) is 5.92 Å². The lowest BCUT2D eigenvalue weighted by Crippen LogP contribution is -2.37. The molecule has 3 heterocycles. The zero-order valence-electron chi connectivity index (χ0n) is 16.7. The van der Waals surface area contributed by atoms with E-state index in [2.05, 4.69) is 4.98 Å². The van der Waals surface area contributed by atoms with Gasteiger partial charge in [0, 0.05) is 32.1 Å². The van der Waals surface area contributed by atoms with Crippen LogP contribution in [0.25, 0.3) is 0 Å². The highest BCUT2D eigenvalue weighted by Crippen LogP contribution is 2.29. The average molecular weight is 456 g/mol. The number of hydrogen-bond acceptors (Lipinski definition) is 5. The molecule has 0 bridgehead atoms. The first-order chi connectivity index (χ1) is 14.7. The molecular formula is C21H23F3N2O4S. The number of carbonyl (C=O) groups excluding carboxylic acids is 1. The summed E-state index contributed by atoms with van der Waals surface area (Å²) in [4.78, 5) is 27.7. The quantitative estimate of drug-likeness (QED) is 0.715. The van der Waals surface area contributed by atoms with E-state index < -0.39 is 12.1 Å². The highest BCUT2D eigenvalue weighted by atomic mass is 32.1. The number of carbonyl (C=O) groups is 2. The molecular weight excluding hydrogens is 433 g/mol. The van der Waals surface area contributed by atoms with Gasteiger partial charge in [0.2, 0.25) is 5.91 Å². The topological polar surface area (TPSA) is 79.7 Å². The molecule has 4 rings (SSSR count). The zero-order chi connectivity index (χ0) is 22.4. The highest BCUT2D eigenvalue weighted by molar-refractivity contribution is 7.08. The molecule has 2 aromatic rings. The standard InChI is InChI=1S/C19H22N2O2S.C2HF3O2/c22-19(7-15-4-6-24-13-15)21-5-3-18-16(10-21)8-20-9-17(18)12-23-11-14-1-2-14;3-2(4,5)1(6)7/h4,6,8-9,13-14H,1-3,5,7,10-12H2;(H,6,7). The lowest BCUT2D eigenvalue weighted by Gasteiger charge is -2.30. The third kappa shape index (κ3) is 7.03. The van der Waals surface area contributed by atoms with Crippen molar-refractivity contribution in [3.05, 3.63) is 51.5 Å². The normalized spacial score (nSPS) is 15.6. The predicted octanol–water partition coefficient (Wildman–Crippen LogP) is 3.83. The number of alkyl halides is 3. The number of fused-ring (bicyclic) bond motifs is 1. The Morgan fingerprint density at radius 3 is 2.65 bits per heavy atom. The fraction of sp³-hybridized carbons (Fsp3) is 0.476. The molecule has 0 unspecified atom stereocenters. The van der Waals surface area contributed by atoms with Gasteiger partial charge in [0.25, 0.3) is 0 Å². The van der Waals surface area contributed by atoms with Crippen molar-refractivity contribution in [1.82, 2.24) is 9.88 Å². The third-order valence-corrected chi connectivity index (χ3v) is 5.80. The molecule has 10 heteroatoms. The number of aromatic nitrogens is 1. The van der Waals surface area contributed by atoms with Gasteiger partial charge in [-0.05, 0) is 64.3 Å². The number of rotatable bonds is 6. The van der Waals surface area contributed by atoms with Crippen LogP contribution in [0.5, 0.6) is 0 Å². The lowest BCUT2D eigenvalue weighted by molar-refractivity contribution is -0.192. The second-order valence-corrected chi connectivity index (χ2v) is 8.35. The molecule has 0 spiro atoms. The van der Waals surface area contributed by atoms with Gasteiger partial charge in [-0.2, -0.15) is 24.5 Å². The SMILES string of the molecule is O=C(Cc1ccsc1)N1CCc2c(COCC3CC3)cncc2C1.O=C(O)C(F)(F)F. The monoisotopic (exact) mass is 456 g/mol. The number of ether oxygens (including phenoxy) is 1. The summed E-state index contributed by atoms with van der Waals surface area (Å²) in [6.45, 7) is 2.97. The number of aliphatic carboxylic acids is 1. The number of amides is 1. The Bertz CT molecular complexity index is 899. The van der Waals surface area contributed by atoms with Crippen molar-refractivity contribution in [2.75, 3.05) is 13.2 Å². The minimum Gasteiger partial charge on any atom is -0.475 e. The van der Waals surface area contributed by atoms with Gasteiger partial charge >= 0.3 is 12.1 Å². The fourth-order valence-corrected chi connectivity index (χ4v) is 3.87. The van der Waals surface area contributed by atoms with E-state index in [9.17, 15) is 18.0 Å². The minimum absolute atomic E-state index is 0.203. The molecule has 2 aromatic heterocycles. The van der Waals surface area contributed by atoms with Crippen molar-refractivity contribution >= 4 is 23.2 Å². The van der Waals surface area contributed by atoms with Crippen molar-refractivity contribution in [3.8, 4) is 0 Å². The summed E-state index contributed by atoms with van der Waals surface area (Å²) in [5.74, 6) is -1.77. The first kappa shape index (κ1) is 23.2. The summed E-state index contributed by atoms with van der Waals surface area (Å²) >= 11 is 1.64. The summed E-state index contributed by atoms with van der Waals surface area (Å²) in [5.41, 5.74) is 4.81. The number of carboxylic acid groups (broad SMARTS) is 1. The van der Waals surface area contributed by atoms with E-state index in [1.165, 1.54) is 29.5 Å². The second-order valence-electron chi connectivity index (χ2n) is 7.57. The van der Waals surface area contributed by atoms with E-state index in [0.29, 0.717) is 19.6 Å². The second kappa shape index (κ2) is 10.2. The van der Waals surface area contributed by atoms with Crippen molar-refractivity contribution in [3.63, 3.8) is 0 Å². The fourth-order valence-electron chi connectivity index (χ4n) is 3.21. The molecule has 1 N–H and O–H groups in total. The third-order valence-electron chi connectivity index (χ3n) is 5.07. The Balaban J connectivity index is 0.000000339. The Labute approximate surface area is 181 Å². The van der Waals surface area contributed by atoms with E-state index >= 15 is 0 Å². The number of thiophene rings is 1.